The molecule has 0 aliphatic carbocycles. The van der Waals surface area contributed by atoms with E-state index in [0.29, 0.717) is 19.6 Å². The highest BCUT2D eigenvalue weighted by molar-refractivity contribution is 5.69. The second-order valence-electron chi connectivity index (χ2n) is 5.70. The fourth-order valence-electron chi connectivity index (χ4n) is 2.76. The first-order valence-electron chi connectivity index (χ1n) is 7.81. The van der Waals surface area contributed by atoms with Crippen molar-refractivity contribution < 1.29 is 19.4 Å². The highest BCUT2D eigenvalue weighted by Crippen LogP contribution is 2.26. The van der Waals surface area contributed by atoms with E-state index in [1.165, 1.54) is 0 Å². The average molecular weight is 307 g/mol. The molecule has 1 N–H and O–H groups in total. The van der Waals surface area contributed by atoms with E-state index in [1.807, 2.05) is 31.2 Å². The number of aliphatic hydroxyl groups is 1. The standard InChI is InChI=1S/C17H25NO4/c1-13(15-7-5-14(6-8-15)12-21-2)18-10-9-16(4-3-11-19)22-17(18)20/h5-8,13,16,19H,3-4,9-12H2,1-2H3. The lowest BCUT2D eigenvalue weighted by molar-refractivity contribution is 0.00759. The van der Waals surface area contributed by atoms with Crippen LogP contribution < -0.4 is 0 Å². The molecule has 122 valence electrons. The quantitative estimate of drug-likeness (QED) is 0.841. The first kappa shape index (κ1) is 16.8. The summed E-state index contributed by atoms with van der Waals surface area (Å²) in [7, 11) is 1.67. The lowest BCUT2D eigenvalue weighted by atomic mass is 10.0. The number of hydrogen-bond acceptors (Lipinski definition) is 4. The third-order valence-corrected chi connectivity index (χ3v) is 4.12. The zero-order chi connectivity index (χ0) is 15.9. The number of nitrogens with zero attached hydrogens (tertiary/aromatic N) is 1. The minimum absolute atomic E-state index is 0.0112. The third-order valence-electron chi connectivity index (χ3n) is 4.12. The number of rotatable bonds is 7. The van der Waals surface area contributed by atoms with Gasteiger partial charge in [0.15, 0.2) is 0 Å². The van der Waals surface area contributed by atoms with E-state index >= 15 is 0 Å². The summed E-state index contributed by atoms with van der Waals surface area (Å²) < 4.78 is 10.6. The van der Waals surface area contributed by atoms with Crippen LogP contribution in [0.4, 0.5) is 4.79 Å². The van der Waals surface area contributed by atoms with Crippen LogP contribution in [0.1, 0.15) is 43.4 Å². The summed E-state index contributed by atoms with van der Waals surface area (Å²) in [5, 5.41) is 8.85. The Hall–Kier alpha value is -1.59. The normalized spacial score (nSPS) is 19.9. The molecule has 0 bridgehead atoms. The Labute approximate surface area is 131 Å². The predicted molar refractivity (Wildman–Crippen MR) is 83.5 cm³/mol. The van der Waals surface area contributed by atoms with Crippen LogP contribution in [0.15, 0.2) is 24.3 Å². The molecule has 1 aromatic carbocycles. The maximum Gasteiger partial charge on any atom is 0.410 e. The molecule has 0 aromatic heterocycles. The first-order valence-corrected chi connectivity index (χ1v) is 7.81. The number of benzene rings is 1. The van der Waals surface area contributed by atoms with Crippen molar-refractivity contribution in [3.05, 3.63) is 35.4 Å². The molecule has 1 saturated heterocycles. The van der Waals surface area contributed by atoms with Crippen molar-refractivity contribution in [2.75, 3.05) is 20.3 Å². The van der Waals surface area contributed by atoms with Gasteiger partial charge in [-0.25, -0.2) is 4.79 Å². The van der Waals surface area contributed by atoms with Gasteiger partial charge in [0.1, 0.15) is 6.10 Å². The second kappa shape index (κ2) is 8.15. The zero-order valence-electron chi connectivity index (χ0n) is 13.3. The Balaban J connectivity index is 1.95. The molecule has 1 aliphatic heterocycles. The molecule has 0 saturated carbocycles. The van der Waals surface area contributed by atoms with Crippen LogP contribution >= 0.6 is 0 Å². The lowest BCUT2D eigenvalue weighted by Gasteiger charge is -2.35. The molecular formula is C17H25NO4. The number of amides is 1. The highest BCUT2D eigenvalue weighted by Gasteiger charge is 2.30. The third kappa shape index (κ3) is 4.21. The minimum atomic E-state index is -0.261. The molecule has 22 heavy (non-hydrogen) atoms. The van der Waals surface area contributed by atoms with Gasteiger partial charge in [0.25, 0.3) is 0 Å². The van der Waals surface area contributed by atoms with Crippen LogP contribution in [-0.4, -0.2) is 42.5 Å². The Morgan fingerprint density at radius 2 is 2.14 bits per heavy atom. The maximum absolute atomic E-state index is 12.2. The lowest BCUT2D eigenvalue weighted by Crippen LogP contribution is -2.43. The van der Waals surface area contributed by atoms with Crippen molar-refractivity contribution in [1.29, 1.82) is 0 Å². The van der Waals surface area contributed by atoms with Crippen molar-refractivity contribution in [2.24, 2.45) is 0 Å². The Morgan fingerprint density at radius 3 is 2.73 bits per heavy atom. The van der Waals surface area contributed by atoms with Crippen molar-refractivity contribution in [1.82, 2.24) is 4.90 Å². The van der Waals surface area contributed by atoms with Gasteiger partial charge in [0.05, 0.1) is 12.6 Å². The van der Waals surface area contributed by atoms with E-state index in [2.05, 4.69) is 0 Å². The van der Waals surface area contributed by atoms with E-state index in [9.17, 15) is 4.79 Å². The molecule has 1 heterocycles. The van der Waals surface area contributed by atoms with Crippen LogP contribution in [0, 0.1) is 0 Å². The molecule has 1 fully saturated rings. The van der Waals surface area contributed by atoms with Gasteiger partial charge in [-0.2, -0.15) is 0 Å². The van der Waals surface area contributed by atoms with Crippen molar-refractivity contribution >= 4 is 6.09 Å². The van der Waals surface area contributed by atoms with Crippen LogP contribution in [0.25, 0.3) is 0 Å². The van der Waals surface area contributed by atoms with Gasteiger partial charge in [0.2, 0.25) is 0 Å². The second-order valence-corrected chi connectivity index (χ2v) is 5.70. The number of carbonyl (C=O) groups excluding carboxylic acids is 1. The molecule has 5 nitrogen and oxygen atoms in total. The molecular weight excluding hydrogens is 282 g/mol. The molecule has 2 unspecified atom stereocenters. The van der Waals surface area contributed by atoms with Gasteiger partial charge in [-0.05, 0) is 30.9 Å². The van der Waals surface area contributed by atoms with E-state index in [0.717, 1.165) is 24.0 Å². The Kier molecular flexibility index (Phi) is 6.21. The highest BCUT2D eigenvalue weighted by atomic mass is 16.6. The van der Waals surface area contributed by atoms with Gasteiger partial charge < -0.3 is 19.5 Å². The minimum Gasteiger partial charge on any atom is -0.446 e. The van der Waals surface area contributed by atoms with E-state index in [4.69, 9.17) is 14.6 Å². The van der Waals surface area contributed by atoms with Gasteiger partial charge in [0, 0.05) is 26.7 Å². The number of aliphatic hydroxyl groups excluding tert-OH is 1. The average Bonchev–Trinajstić information content (AvgIpc) is 2.53. The van der Waals surface area contributed by atoms with E-state index < -0.39 is 0 Å². The summed E-state index contributed by atoms with van der Waals surface area (Å²) >= 11 is 0. The molecule has 2 atom stereocenters. The predicted octanol–water partition coefficient (Wildman–Crippen LogP) is 2.88. The summed E-state index contributed by atoms with van der Waals surface area (Å²) in [6.07, 6.45) is 1.90. The smallest absolute Gasteiger partial charge is 0.410 e. The maximum atomic E-state index is 12.2. The molecule has 2 rings (SSSR count). The molecule has 1 aliphatic rings. The number of hydrogen-bond donors (Lipinski definition) is 1. The first-order chi connectivity index (χ1) is 10.7. The number of cyclic esters (lactones) is 1. The molecule has 0 radical (unpaired) electrons. The van der Waals surface area contributed by atoms with Crippen molar-refractivity contribution in [3.63, 3.8) is 0 Å². The van der Waals surface area contributed by atoms with Crippen molar-refractivity contribution in [3.8, 4) is 0 Å². The molecule has 0 spiro atoms. The number of carbonyl (C=O) groups is 1. The summed E-state index contributed by atoms with van der Waals surface area (Å²) in [5.41, 5.74) is 2.20. The fourth-order valence-corrected chi connectivity index (χ4v) is 2.76. The summed E-state index contributed by atoms with van der Waals surface area (Å²) in [6, 6.07) is 8.10. The van der Waals surface area contributed by atoms with Gasteiger partial charge in [-0.1, -0.05) is 24.3 Å². The summed E-state index contributed by atoms with van der Waals surface area (Å²) in [4.78, 5) is 13.9. The van der Waals surface area contributed by atoms with Crippen LogP contribution in [0.2, 0.25) is 0 Å². The largest absolute Gasteiger partial charge is 0.446 e. The van der Waals surface area contributed by atoms with E-state index in [-0.39, 0.29) is 24.8 Å². The Bertz CT molecular complexity index is 474. The number of methoxy groups -OCH3 is 1. The van der Waals surface area contributed by atoms with Crippen molar-refractivity contribution in [2.45, 2.75) is 44.9 Å². The van der Waals surface area contributed by atoms with Gasteiger partial charge in [-0.15, -0.1) is 0 Å². The Morgan fingerprint density at radius 1 is 1.41 bits per heavy atom. The monoisotopic (exact) mass is 307 g/mol. The summed E-state index contributed by atoms with van der Waals surface area (Å²) in [6.45, 7) is 3.44. The SMILES string of the molecule is COCc1ccc(C(C)N2CCC(CCCO)OC2=O)cc1. The van der Waals surface area contributed by atoms with Crippen LogP contribution in [-0.2, 0) is 16.1 Å². The molecule has 1 aromatic rings. The topological polar surface area (TPSA) is 59.0 Å². The fraction of sp³-hybridized carbons (Fsp3) is 0.588. The molecule has 5 heteroatoms. The van der Waals surface area contributed by atoms with Gasteiger partial charge in [-0.3, -0.25) is 0 Å². The summed E-state index contributed by atoms with van der Waals surface area (Å²) in [5.74, 6) is 0. The molecule has 1 amide bonds. The van der Waals surface area contributed by atoms with E-state index in [1.54, 1.807) is 12.0 Å². The van der Waals surface area contributed by atoms with Gasteiger partial charge >= 0.3 is 6.09 Å². The number of ether oxygens (including phenoxy) is 2. The van der Waals surface area contributed by atoms with Crippen LogP contribution in [0.5, 0.6) is 0 Å². The zero-order valence-corrected chi connectivity index (χ0v) is 13.3. The van der Waals surface area contributed by atoms with Crippen LogP contribution in [0.3, 0.4) is 0 Å².